The molecule has 0 spiro atoms. The summed E-state index contributed by atoms with van der Waals surface area (Å²) in [7, 11) is 5.25. The van der Waals surface area contributed by atoms with Crippen LogP contribution in [0, 0.1) is 0 Å². The Morgan fingerprint density at radius 2 is 1.70 bits per heavy atom. The number of pyridine rings is 1. The Hall–Kier alpha value is -4.47. The number of para-hydroxylation sites is 1. The summed E-state index contributed by atoms with van der Waals surface area (Å²) in [5.41, 5.74) is 9.52. The molecule has 0 saturated carbocycles. The lowest BCUT2D eigenvalue weighted by atomic mass is 10.0. The van der Waals surface area contributed by atoms with E-state index in [0.717, 1.165) is 16.7 Å². The zero-order chi connectivity index (χ0) is 23.1. The molecular weight excluding hydrogens is 420 g/mol. The largest absolute Gasteiger partial charge is 0.481 e. The summed E-state index contributed by atoms with van der Waals surface area (Å²) >= 11 is 0. The predicted molar refractivity (Wildman–Crippen MR) is 125 cm³/mol. The van der Waals surface area contributed by atoms with E-state index in [9.17, 15) is 4.79 Å². The van der Waals surface area contributed by atoms with Crippen LogP contribution >= 0.6 is 0 Å². The minimum atomic E-state index is -0.260. The Kier molecular flexibility index (Phi) is 4.89. The molecule has 0 aliphatic carbocycles. The molecule has 0 saturated heterocycles. The highest BCUT2D eigenvalue weighted by Crippen LogP contribution is 2.36. The smallest absolute Gasteiger partial charge is 0.267 e. The van der Waals surface area contributed by atoms with E-state index < -0.39 is 0 Å². The maximum Gasteiger partial charge on any atom is 0.267 e. The molecule has 33 heavy (non-hydrogen) atoms. The summed E-state index contributed by atoms with van der Waals surface area (Å²) in [6.45, 7) is 0. The Morgan fingerprint density at radius 3 is 2.39 bits per heavy atom. The molecule has 1 aliphatic heterocycles. The highest BCUT2D eigenvalue weighted by molar-refractivity contribution is 5.85. The number of ether oxygens (including phenoxy) is 1. The van der Waals surface area contributed by atoms with E-state index in [1.165, 1.54) is 4.57 Å². The standard InChI is InChI=1S/C23H22N8O2/c1-29-21(30(2)28-27-29)18-12-15(13-25-20(18)33-3)14-9-10-19-17(11-14)22(32)31(23(24)26-19)16-7-5-4-6-8-16/h4-13,21H,1-3H3,(H2,24,26). The predicted octanol–water partition coefficient (Wildman–Crippen LogP) is 3.20. The first-order chi connectivity index (χ1) is 16.0. The van der Waals surface area contributed by atoms with Crippen LogP contribution in [0.2, 0.25) is 0 Å². The molecule has 0 bridgehead atoms. The first kappa shape index (κ1) is 20.4. The van der Waals surface area contributed by atoms with Gasteiger partial charge < -0.3 is 10.5 Å². The van der Waals surface area contributed by atoms with E-state index in [1.54, 1.807) is 29.4 Å². The number of hydrogen-bond acceptors (Lipinski definition) is 9. The monoisotopic (exact) mass is 442 g/mol. The first-order valence-corrected chi connectivity index (χ1v) is 10.3. The van der Waals surface area contributed by atoms with Crippen LogP contribution in [0.25, 0.3) is 27.7 Å². The van der Waals surface area contributed by atoms with Crippen LogP contribution in [-0.4, -0.2) is 45.8 Å². The summed E-state index contributed by atoms with van der Waals surface area (Å²) in [5, 5.41) is 12.1. The number of nitrogens with zero attached hydrogens (tertiary/aromatic N) is 7. The summed E-state index contributed by atoms with van der Waals surface area (Å²) in [6, 6.07) is 16.7. The summed E-state index contributed by atoms with van der Waals surface area (Å²) in [6.07, 6.45) is 1.46. The fraction of sp³-hybridized carbons (Fsp3) is 0.174. The van der Waals surface area contributed by atoms with Gasteiger partial charge in [0.25, 0.3) is 5.56 Å². The van der Waals surface area contributed by atoms with Crippen molar-refractivity contribution in [1.29, 1.82) is 0 Å². The van der Waals surface area contributed by atoms with Crippen molar-refractivity contribution < 1.29 is 4.74 Å². The van der Waals surface area contributed by atoms with Gasteiger partial charge in [-0.3, -0.25) is 14.8 Å². The fourth-order valence-corrected chi connectivity index (χ4v) is 4.06. The molecule has 1 aliphatic rings. The van der Waals surface area contributed by atoms with E-state index in [0.29, 0.717) is 22.5 Å². The van der Waals surface area contributed by atoms with Crippen molar-refractivity contribution in [2.75, 3.05) is 26.9 Å². The quantitative estimate of drug-likeness (QED) is 0.516. The third-order valence-corrected chi connectivity index (χ3v) is 5.62. The van der Waals surface area contributed by atoms with Gasteiger partial charge in [-0.15, -0.1) is 0 Å². The Bertz CT molecular complexity index is 1420. The molecule has 5 rings (SSSR count). The zero-order valence-electron chi connectivity index (χ0n) is 18.4. The van der Waals surface area contributed by atoms with Crippen LogP contribution in [0.15, 0.2) is 76.0 Å². The van der Waals surface area contributed by atoms with E-state index >= 15 is 0 Å². The van der Waals surface area contributed by atoms with Crippen molar-refractivity contribution in [2.24, 2.45) is 10.4 Å². The molecule has 10 heteroatoms. The highest BCUT2D eigenvalue weighted by Gasteiger charge is 2.30. The SMILES string of the molecule is COc1ncc(-c2ccc3nc(N)n(-c4ccccc4)c(=O)c3c2)cc1C1N(C)N=NN1C. The van der Waals surface area contributed by atoms with Gasteiger partial charge in [0.1, 0.15) is 0 Å². The van der Waals surface area contributed by atoms with Crippen molar-refractivity contribution in [3.8, 4) is 22.7 Å². The lowest BCUT2D eigenvalue weighted by molar-refractivity contribution is 0.153. The molecule has 166 valence electrons. The van der Waals surface area contributed by atoms with Gasteiger partial charge in [0.05, 0.1) is 29.3 Å². The van der Waals surface area contributed by atoms with Crippen LogP contribution in [0.3, 0.4) is 0 Å². The topological polar surface area (TPSA) is 114 Å². The van der Waals surface area contributed by atoms with Crippen molar-refractivity contribution in [3.63, 3.8) is 0 Å². The molecule has 0 radical (unpaired) electrons. The zero-order valence-corrected chi connectivity index (χ0v) is 18.4. The molecule has 2 N–H and O–H groups in total. The Morgan fingerprint density at radius 1 is 0.970 bits per heavy atom. The fourth-order valence-electron chi connectivity index (χ4n) is 4.06. The molecule has 3 heterocycles. The molecule has 2 aromatic carbocycles. The number of methoxy groups -OCH3 is 1. The number of aromatic nitrogens is 3. The maximum atomic E-state index is 13.4. The summed E-state index contributed by atoms with van der Waals surface area (Å²) < 4.78 is 6.90. The highest BCUT2D eigenvalue weighted by atomic mass is 16.5. The average molecular weight is 442 g/mol. The molecule has 10 nitrogen and oxygen atoms in total. The number of hydrogen-bond donors (Lipinski definition) is 1. The second-order valence-corrected chi connectivity index (χ2v) is 7.70. The minimum absolute atomic E-state index is 0.139. The number of rotatable bonds is 4. The lowest BCUT2D eigenvalue weighted by Crippen LogP contribution is -2.26. The van der Waals surface area contributed by atoms with Crippen molar-refractivity contribution >= 4 is 16.9 Å². The summed E-state index contributed by atoms with van der Waals surface area (Å²) in [4.78, 5) is 22.3. The summed E-state index contributed by atoms with van der Waals surface area (Å²) in [5.74, 6) is 0.621. The number of anilines is 1. The first-order valence-electron chi connectivity index (χ1n) is 10.3. The van der Waals surface area contributed by atoms with E-state index in [4.69, 9.17) is 10.5 Å². The second-order valence-electron chi connectivity index (χ2n) is 7.70. The van der Waals surface area contributed by atoms with Crippen LogP contribution < -0.4 is 16.0 Å². The number of fused-ring (bicyclic) bond motifs is 1. The van der Waals surface area contributed by atoms with Crippen LogP contribution in [0.4, 0.5) is 5.95 Å². The number of nitrogens with two attached hydrogens (primary N) is 1. The molecule has 0 unspecified atom stereocenters. The van der Waals surface area contributed by atoms with E-state index in [2.05, 4.69) is 20.4 Å². The molecular formula is C23H22N8O2. The van der Waals surface area contributed by atoms with Gasteiger partial charge in [0, 0.05) is 25.9 Å². The van der Waals surface area contributed by atoms with Gasteiger partial charge in [-0.2, -0.15) is 0 Å². The van der Waals surface area contributed by atoms with Gasteiger partial charge in [0.2, 0.25) is 11.8 Å². The van der Waals surface area contributed by atoms with Crippen molar-refractivity contribution in [3.05, 3.63) is 76.7 Å². The van der Waals surface area contributed by atoms with Gasteiger partial charge >= 0.3 is 0 Å². The van der Waals surface area contributed by atoms with Crippen LogP contribution in [0.1, 0.15) is 11.7 Å². The van der Waals surface area contributed by atoms with Gasteiger partial charge in [-0.1, -0.05) is 34.7 Å². The van der Waals surface area contributed by atoms with Gasteiger partial charge in [-0.05, 0) is 35.9 Å². The molecule has 0 amide bonds. The van der Waals surface area contributed by atoms with E-state index in [1.807, 2.05) is 62.6 Å². The average Bonchev–Trinajstić information content (AvgIpc) is 3.17. The molecule has 0 fully saturated rings. The molecule has 2 aromatic heterocycles. The van der Waals surface area contributed by atoms with Crippen LogP contribution in [0.5, 0.6) is 5.88 Å². The maximum absolute atomic E-state index is 13.4. The number of nitrogen functional groups attached to an aromatic ring is 1. The number of benzene rings is 2. The van der Waals surface area contributed by atoms with Crippen LogP contribution in [-0.2, 0) is 0 Å². The lowest BCUT2D eigenvalue weighted by Gasteiger charge is -2.24. The van der Waals surface area contributed by atoms with Crippen molar-refractivity contribution in [1.82, 2.24) is 24.6 Å². The van der Waals surface area contributed by atoms with Crippen molar-refractivity contribution in [2.45, 2.75) is 6.17 Å². The third kappa shape index (κ3) is 3.41. The molecule has 0 atom stereocenters. The molecule has 4 aromatic rings. The third-order valence-electron chi connectivity index (χ3n) is 5.62. The Labute approximate surface area is 189 Å². The Balaban J connectivity index is 1.65. The van der Waals surface area contributed by atoms with Gasteiger partial charge in [0.15, 0.2) is 6.17 Å². The minimum Gasteiger partial charge on any atom is -0.481 e. The van der Waals surface area contributed by atoms with Gasteiger partial charge in [-0.25, -0.2) is 14.5 Å². The normalized spacial score (nSPS) is 13.8. The van der Waals surface area contributed by atoms with E-state index in [-0.39, 0.29) is 17.7 Å². The second kappa shape index (κ2) is 7.90.